The van der Waals surface area contributed by atoms with E-state index < -0.39 is 17.6 Å². The third kappa shape index (κ3) is 7.62. The van der Waals surface area contributed by atoms with Crippen LogP contribution >= 0.6 is 15.9 Å². The molecule has 0 heterocycles. The summed E-state index contributed by atoms with van der Waals surface area (Å²) in [5.74, 6) is -2.16. The van der Waals surface area contributed by atoms with E-state index in [-0.39, 0.29) is 18.2 Å². The predicted molar refractivity (Wildman–Crippen MR) is 146 cm³/mol. The first kappa shape index (κ1) is 28.3. The molecule has 0 aromatic heterocycles. The Morgan fingerprint density at radius 3 is 2.26 bits per heavy atom. The molecule has 3 aromatic carbocycles. The Balaban J connectivity index is 1.60. The quantitative estimate of drug-likeness (QED) is 0.203. The summed E-state index contributed by atoms with van der Waals surface area (Å²) >= 11 is 3.40. The van der Waals surface area contributed by atoms with Gasteiger partial charge in [0.2, 0.25) is 0 Å². The van der Waals surface area contributed by atoms with Crippen molar-refractivity contribution in [2.45, 2.75) is 20.8 Å². The minimum absolute atomic E-state index is 0.256. The molecule has 3 N–H and O–H groups in total. The van der Waals surface area contributed by atoms with Crippen molar-refractivity contribution in [1.82, 2.24) is 5.43 Å². The van der Waals surface area contributed by atoms with Crippen molar-refractivity contribution in [1.29, 1.82) is 0 Å². The van der Waals surface area contributed by atoms with Gasteiger partial charge in [0.05, 0.1) is 17.8 Å². The molecule has 198 valence electrons. The van der Waals surface area contributed by atoms with Crippen LogP contribution in [0.15, 0.2) is 58.1 Å². The molecule has 38 heavy (non-hydrogen) atoms. The van der Waals surface area contributed by atoms with Crippen LogP contribution < -0.4 is 25.5 Å². The van der Waals surface area contributed by atoms with Crippen LogP contribution in [0.2, 0.25) is 0 Å². The summed E-state index contributed by atoms with van der Waals surface area (Å²) in [4.78, 5) is 36.5. The maximum absolute atomic E-state index is 13.0. The maximum Gasteiger partial charge on any atom is 0.329 e. The number of ether oxygens (including phenoxy) is 2. The SMILES string of the molecule is COc1cc(/C=N\NC(=O)C(=O)Nc2ccc(F)cc2)cc(Br)c1OCC(=O)Nc1c(C)cc(C)cc1C. The minimum atomic E-state index is -1.01. The van der Waals surface area contributed by atoms with Gasteiger partial charge in [0.1, 0.15) is 5.82 Å². The highest BCUT2D eigenvalue weighted by molar-refractivity contribution is 9.10. The van der Waals surface area contributed by atoms with Crippen molar-refractivity contribution in [3.63, 3.8) is 0 Å². The summed E-state index contributed by atoms with van der Waals surface area (Å²) < 4.78 is 24.5. The number of hydrogen-bond acceptors (Lipinski definition) is 6. The summed E-state index contributed by atoms with van der Waals surface area (Å²) in [6, 6.07) is 12.2. The fraction of sp³-hybridized carbons (Fsp3) is 0.185. The standard InChI is InChI=1S/C27H26BrFN4O5/c1-15-9-16(2)24(17(3)10-15)32-23(34)14-38-25-21(28)11-18(12-22(25)37-4)13-30-33-27(36)26(35)31-20-7-5-19(29)6-8-20/h5-13H,14H2,1-4H3,(H,31,35)(H,32,34)(H,33,36)/b30-13-. The minimum Gasteiger partial charge on any atom is -0.493 e. The molecule has 0 aliphatic rings. The smallest absolute Gasteiger partial charge is 0.329 e. The number of carbonyl (C=O) groups is 3. The number of hydrazone groups is 1. The molecule has 11 heteroatoms. The summed E-state index contributed by atoms with van der Waals surface area (Å²) in [6.07, 6.45) is 1.30. The monoisotopic (exact) mass is 584 g/mol. The highest BCUT2D eigenvalue weighted by Gasteiger charge is 2.16. The zero-order valence-corrected chi connectivity index (χ0v) is 22.7. The molecule has 3 rings (SSSR count). The van der Waals surface area contributed by atoms with Crippen molar-refractivity contribution in [2.75, 3.05) is 24.4 Å². The molecule has 0 aliphatic heterocycles. The summed E-state index contributed by atoms with van der Waals surface area (Å²) in [6.45, 7) is 5.59. The van der Waals surface area contributed by atoms with Gasteiger partial charge in [-0.1, -0.05) is 17.7 Å². The first-order valence-electron chi connectivity index (χ1n) is 11.4. The van der Waals surface area contributed by atoms with Gasteiger partial charge < -0.3 is 20.1 Å². The Morgan fingerprint density at radius 1 is 0.974 bits per heavy atom. The third-order valence-electron chi connectivity index (χ3n) is 5.23. The van der Waals surface area contributed by atoms with E-state index in [1.165, 1.54) is 25.5 Å². The fourth-order valence-corrected chi connectivity index (χ4v) is 4.16. The summed E-state index contributed by atoms with van der Waals surface area (Å²) in [5, 5.41) is 8.99. The normalized spacial score (nSPS) is 10.7. The van der Waals surface area contributed by atoms with Gasteiger partial charge in [-0.05, 0) is 89.8 Å². The number of halogens is 2. The summed E-state index contributed by atoms with van der Waals surface area (Å²) in [7, 11) is 1.44. The molecule has 3 aromatic rings. The van der Waals surface area contributed by atoms with E-state index in [0.29, 0.717) is 21.5 Å². The lowest BCUT2D eigenvalue weighted by Gasteiger charge is -2.15. The zero-order chi connectivity index (χ0) is 27.8. The first-order valence-corrected chi connectivity index (χ1v) is 12.1. The van der Waals surface area contributed by atoms with E-state index >= 15 is 0 Å². The lowest BCUT2D eigenvalue weighted by Crippen LogP contribution is -2.32. The number of nitrogens with zero attached hydrogens (tertiary/aromatic N) is 1. The molecule has 3 amide bonds. The zero-order valence-electron chi connectivity index (χ0n) is 21.1. The van der Waals surface area contributed by atoms with Crippen molar-refractivity contribution in [3.05, 3.63) is 81.1 Å². The van der Waals surface area contributed by atoms with Gasteiger partial charge in [0.15, 0.2) is 18.1 Å². The fourth-order valence-electron chi connectivity index (χ4n) is 3.58. The van der Waals surface area contributed by atoms with Crippen LogP contribution in [0.5, 0.6) is 11.5 Å². The number of amides is 3. The second kappa shape index (κ2) is 12.8. The highest BCUT2D eigenvalue weighted by atomic mass is 79.9. The van der Waals surface area contributed by atoms with Gasteiger partial charge >= 0.3 is 11.8 Å². The van der Waals surface area contributed by atoms with Gasteiger partial charge in [-0.15, -0.1) is 0 Å². The van der Waals surface area contributed by atoms with Crippen molar-refractivity contribution >= 4 is 51.2 Å². The van der Waals surface area contributed by atoms with Crippen molar-refractivity contribution in [3.8, 4) is 11.5 Å². The van der Waals surface area contributed by atoms with Crippen LogP contribution in [0.4, 0.5) is 15.8 Å². The highest BCUT2D eigenvalue weighted by Crippen LogP contribution is 2.36. The van der Waals surface area contributed by atoms with Gasteiger partial charge in [-0.3, -0.25) is 14.4 Å². The van der Waals surface area contributed by atoms with E-state index in [1.807, 2.05) is 32.9 Å². The second-order valence-electron chi connectivity index (χ2n) is 8.30. The largest absolute Gasteiger partial charge is 0.493 e. The predicted octanol–water partition coefficient (Wildman–Crippen LogP) is 4.63. The third-order valence-corrected chi connectivity index (χ3v) is 5.82. The average Bonchev–Trinajstić information content (AvgIpc) is 2.86. The van der Waals surface area contributed by atoms with E-state index in [9.17, 15) is 18.8 Å². The van der Waals surface area contributed by atoms with Crippen LogP contribution in [0.3, 0.4) is 0 Å². The Kier molecular flexibility index (Phi) is 9.55. The van der Waals surface area contributed by atoms with Crippen molar-refractivity contribution in [2.24, 2.45) is 5.10 Å². The van der Waals surface area contributed by atoms with Crippen LogP contribution in [0.25, 0.3) is 0 Å². The van der Waals surface area contributed by atoms with Crippen LogP contribution in [0.1, 0.15) is 22.3 Å². The van der Waals surface area contributed by atoms with Crippen LogP contribution in [-0.4, -0.2) is 37.7 Å². The second-order valence-corrected chi connectivity index (χ2v) is 9.16. The molecule has 0 radical (unpaired) electrons. The molecule has 0 bridgehead atoms. The molecule has 0 atom stereocenters. The molecule has 0 fully saturated rings. The van der Waals surface area contributed by atoms with E-state index in [0.717, 1.165) is 34.5 Å². The number of carbonyl (C=O) groups excluding carboxylic acids is 3. The molecule has 0 saturated carbocycles. The summed E-state index contributed by atoms with van der Waals surface area (Å²) in [5.41, 5.74) is 6.66. The molecule has 0 saturated heterocycles. The number of nitrogens with one attached hydrogen (secondary N) is 3. The number of hydrogen-bond donors (Lipinski definition) is 3. The topological polar surface area (TPSA) is 118 Å². The Bertz CT molecular complexity index is 1370. The molecular weight excluding hydrogens is 559 g/mol. The van der Waals surface area contributed by atoms with Crippen LogP contribution in [0, 0.1) is 26.6 Å². The van der Waals surface area contributed by atoms with Gasteiger partial charge in [-0.2, -0.15) is 5.10 Å². The van der Waals surface area contributed by atoms with E-state index in [1.54, 1.807) is 12.1 Å². The Labute approximate surface area is 227 Å². The van der Waals surface area contributed by atoms with E-state index in [4.69, 9.17) is 9.47 Å². The lowest BCUT2D eigenvalue weighted by molar-refractivity contribution is -0.136. The lowest BCUT2D eigenvalue weighted by atomic mass is 10.1. The number of anilines is 2. The van der Waals surface area contributed by atoms with Crippen molar-refractivity contribution < 1.29 is 28.2 Å². The van der Waals surface area contributed by atoms with Gasteiger partial charge in [0.25, 0.3) is 5.91 Å². The van der Waals surface area contributed by atoms with E-state index in [2.05, 4.69) is 37.1 Å². The van der Waals surface area contributed by atoms with Gasteiger partial charge in [0, 0.05) is 11.4 Å². The molecule has 0 spiro atoms. The Morgan fingerprint density at radius 2 is 1.63 bits per heavy atom. The molecule has 0 aliphatic carbocycles. The number of aryl methyl sites for hydroxylation is 3. The average molecular weight is 585 g/mol. The molecular formula is C27H26BrFN4O5. The molecule has 0 unspecified atom stereocenters. The maximum atomic E-state index is 13.0. The Hall–Kier alpha value is -4.25. The van der Waals surface area contributed by atoms with Crippen LogP contribution in [-0.2, 0) is 14.4 Å². The van der Waals surface area contributed by atoms with Gasteiger partial charge in [-0.25, -0.2) is 9.82 Å². The number of rotatable bonds is 8. The number of methoxy groups -OCH3 is 1. The number of benzene rings is 3. The first-order chi connectivity index (χ1) is 18.1. The molecule has 9 nitrogen and oxygen atoms in total.